The molecule has 5 nitrogen and oxygen atoms in total. The Bertz CT molecular complexity index is 754. The molecule has 118 valence electrons. The Morgan fingerprint density at radius 2 is 1.83 bits per heavy atom. The van der Waals surface area contributed by atoms with Crippen molar-refractivity contribution in [1.82, 2.24) is 10.3 Å². The van der Waals surface area contributed by atoms with Crippen molar-refractivity contribution >= 4 is 17.5 Å². The van der Waals surface area contributed by atoms with Gasteiger partial charge in [0.1, 0.15) is 0 Å². The molecule has 0 spiro atoms. The molecular weight excluding hydrogens is 290 g/mol. The van der Waals surface area contributed by atoms with Crippen LogP contribution < -0.4 is 10.6 Å². The summed E-state index contributed by atoms with van der Waals surface area (Å²) in [7, 11) is 0. The molecule has 0 fully saturated rings. The Morgan fingerprint density at radius 1 is 1.13 bits per heavy atom. The molecule has 0 aliphatic carbocycles. The van der Waals surface area contributed by atoms with Crippen LogP contribution in [-0.2, 0) is 0 Å². The second-order valence-electron chi connectivity index (χ2n) is 5.23. The van der Waals surface area contributed by atoms with E-state index in [-0.39, 0.29) is 11.8 Å². The SMILES string of the molecule is C=CCNC(=O)c1cncc(C(=O)Nc2cc(C)ccc2C)c1. The number of amides is 2. The van der Waals surface area contributed by atoms with Gasteiger partial charge in [0.2, 0.25) is 0 Å². The Kier molecular flexibility index (Phi) is 5.25. The molecule has 0 aliphatic rings. The molecule has 0 saturated heterocycles. The lowest BCUT2D eigenvalue weighted by atomic mass is 10.1. The highest BCUT2D eigenvalue weighted by molar-refractivity contribution is 6.06. The zero-order valence-electron chi connectivity index (χ0n) is 13.2. The molecule has 0 bridgehead atoms. The van der Waals surface area contributed by atoms with Crippen LogP contribution in [0.5, 0.6) is 0 Å². The van der Waals surface area contributed by atoms with Gasteiger partial charge in [0.15, 0.2) is 0 Å². The number of carbonyl (C=O) groups excluding carboxylic acids is 2. The highest BCUT2D eigenvalue weighted by Crippen LogP contribution is 2.17. The summed E-state index contributed by atoms with van der Waals surface area (Å²) in [5, 5.41) is 5.50. The van der Waals surface area contributed by atoms with Crippen LogP contribution in [0.2, 0.25) is 0 Å². The predicted molar refractivity (Wildman–Crippen MR) is 90.6 cm³/mol. The number of rotatable bonds is 5. The van der Waals surface area contributed by atoms with Gasteiger partial charge in [-0.3, -0.25) is 14.6 Å². The second kappa shape index (κ2) is 7.35. The van der Waals surface area contributed by atoms with Crippen LogP contribution in [0.25, 0.3) is 0 Å². The first-order chi connectivity index (χ1) is 11.0. The van der Waals surface area contributed by atoms with Crippen LogP contribution in [0.15, 0.2) is 49.3 Å². The van der Waals surface area contributed by atoms with Crippen molar-refractivity contribution in [2.24, 2.45) is 0 Å². The van der Waals surface area contributed by atoms with E-state index in [2.05, 4.69) is 22.2 Å². The van der Waals surface area contributed by atoms with Gasteiger partial charge in [-0.15, -0.1) is 6.58 Å². The first kappa shape index (κ1) is 16.4. The van der Waals surface area contributed by atoms with Gasteiger partial charge in [-0.25, -0.2) is 0 Å². The first-order valence-corrected chi connectivity index (χ1v) is 7.24. The Labute approximate surface area is 135 Å². The van der Waals surface area contributed by atoms with Gasteiger partial charge in [0, 0.05) is 24.6 Å². The molecule has 2 rings (SSSR count). The number of nitrogens with one attached hydrogen (secondary N) is 2. The lowest BCUT2D eigenvalue weighted by molar-refractivity contribution is 0.0957. The number of anilines is 1. The zero-order chi connectivity index (χ0) is 16.8. The summed E-state index contributed by atoms with van der Waals surface area (Å²) < 4.78 is 0. The van der Waals surface area contributed by atoms with Crippen LogP contribution in [0.1, 0.15) is 31.8 Å². The summed E-state index contributed by atoms with van der Waals surface area (Å²) in [6.07, 6.45) is 4.44. The molecule has 2 N–H and O–H groups in total. The van der Waals surface area contributed by atoms with E-state index < -0.39 is 0 Å². The molecular formula is C18H19N3O2. The van der Waals surface area contributed by atoms with Crippen molar-refractivity contribution in [3.8, 4) is 0 Å². The Balaban J connectivity index is 2.18. The number of hydrogen-bond donors (Lipinski definition) is 2. The van der Waals surface area contributed by atoms with Crippen molar-refractivity contribution in [2.45, 2.75) is 13.8 Å². The number of pyridine rings is 1. The van der Waals surface area contributed by atoms with Crippen molar-refractivity contribution in [1.29, 1.82) is 0 Å². The normalized spacial score (nSPS) is 10.0. The van der Waals surface area contributed by atoms with Gasteiger partial charge in [0.05, 0.1) is 11.1 Å². The maximum absolute atomic E-state index is 12.4. The van der Waals surface area contributed by atoms with E-state index in [0.29, 0.717) is 17.7 Å². The van der Waals surface area contributed by atoms with E-state index >= 15 is 0 Å². The summed E-state index contributed by atoms with van der Waals surface area (Å²) in [5.41, 5.74) is 3.44. The van der Waals surface area contributed by atoms with Crippen LogP contribution >= 0.6 is 0 Å². The molecule has 2 amide bonds. The van der Waals surface area contributed by atoms with Crippen molar-refractivity contribution in [3.05, 3.63) is 71.6 Å². The summed E-state index contributed by atoms with van der Waals surface area (Å²) in [6, 6.07) is 7.35. The highest BCUT2D eigenvalue weighted by Gasteiger charge is 2.12. The van der Waals surface area contributed by atoms with Gasteiger partial charge in [-0.2, -0.15) is 0 Å². The second-order valence-corrected chi connectivity index (χ2v) is 5.23. The number of nitrogens with zero attached hydrogens (tertiary/aromatic N) is 1. The standard InChI is InChI=1S/C18H19N3O2/c1-4-7-20-17(22)14-9-15(11-19-10-14)18(23)21-16-8-12(2)5-6-13(16)3/h4-6,8-11H,1,7H2,2-3H3,(H,20,22)(H,21,23). The largest absolute Gasteiger partial charge is 0.349 e. The minimum atomic E-state index is -0.301. The molecule has 0 aliphatic heterocycles. The van der Waals surface area contributed by atoms with Crippen LogP contribution in [0, 0.1) is 13.8 Å². The molecule has 0 saturated carbocycles. The van der Waals surface area contributed by atoms with Crippen molar-refractivity contribution < 1.29 is 9.59 Å². The molecule has 1 heterocycles. The quantitative estimate of drug-likeness (QED) is 0.834. The van der Waals surface area contributed by atoms with E-state index in [4.69, 9.17) is 0 Å². The maximum Gasteiger partial charge on any atom is 0.257 e. The molecule has 0 unspecified atom stereocenters. The smallest absolute Gasteiger partial charge is 0.257 e. The third-order valence-electron chi connectivity index (χ3n) is 3.31. The first-order valence-electron chi connectivity index (χ1n) is 7.24. The van der Waals surface area contributed by atoms with Crippen molar-refractivity contribution in [3.63, 3.8) is 0 Å². The number of aryl methyl sites for hydroxylation is 2. The molecule has 0 radical (unpaired) electrons. The van der Waals surface area contributed by atoms with Crippen molar-refractivity contribution in [2.75, 3.05) is 11.9 Å². The highest BCUT2D eigenvalue weighted by atomic mass is 16.2. The van der Waals surface area contributed by atoms with Gasteiger partial charge in [0.25, 0.3) is 11.8 Å². The van der Waals surface area contributed by atoms with Crippen LogP contribution in [0.3, 0.4) is 0 Å². The molecule has 5 heteroatoms. The Hall–Kier alpha value is -2.95. The fourth-order valence-corrected chi connectivity index (χ4v) is 2.02. The fourth-order valence-electron chi connectivity index (χ4n) is 2.02. The van der Waals surface area contributed by atoms with Crippen LogP contribution in [-0.4, -0.2) is 23.3 Å². The van der Waals surface area contributed by atoms with E-state index in [0.717, 1.165) is 16.8 Å². The van der Waals surface area contributed by atoms with Gasteiger partial charge in [-0.1, -0.05) is 18.2 Å². The zero-order valence-corrected chi connectivity index (χ0v) is 13.2. The fraction of sp³-hybridized carbons (Fsp3) is 0.167. The summed E-state index contributed by atoms with van der Waals surface area (Å²) in [5.74, 6) is -0.594. The number of hydrogen-bond acceptors (Lipinski definition) is 3. The van der Waals surface area contributed by atoms with Gasteiger partial charge >= 0.3 is 0 Å². The van der Waals surface area contributed by atoms with Gasteiger partial charge < -0.3 is 10.6 Å². The topological polar surface area (TPSA) is 71.1 Å². The maximum atomic E-state index is 12.4. The summed E-state index contributed by atoms with van der Waals surface area (Å²) >= 11 is 0. The summed E-state index contributed by atoms with van der Waals surface area (Å²) in [4.78, 5) is 28.2. The lowest BCUT2D eigenvalue weighted by Gasteiger charge is -2.10. The van der Waals surface area contributed by atoms with Crippen LogP contribution in [0.4, 0.5) is 5.69 Å². The summed E-state index contributed by atoms with van der Waals surface area (Å²) in [6.45, 7) is 7.78. The third-order valence-corrected chi connectivity index (χ3v) is 3.31. The van der Waals surface area contributed by atoms with E-state index in [1.165, 1.54) is 18.5 Å². The monoisotopic (exact) mass is 309 g/mol. The average molecular weight is 309 g/mol. The lowest BCUT2D eigenvalue weighted by Crippen LogP contribution is -2.24. The number of benzene rings is 1. The number of aromatic nitrogens is 1. The molecule has 23 heavy (non-hydrogen) atoms. The minimum Gasteiger partial charge on any atom is -0.349 e. The molecule has 1 aromatic heterocycles. The third kappa shape index (κ3) is 4.26. The predicted octanol–water partition coefficient (Wildman–Crippen LogP) is 2.87. The average Bonchev–Trinajstić information content (AvgIpc) is 2.56. The minimum absolute atomic E-state index is 0.293. The van der Waals surface area contributed by atoms with E-state index in [1.54, 1.807) is 6.08 Å². The van der Waals surface area contributed by atoms with E-state index in [1.807, 2.05) is 32.0 Å². The van der Waals surface area contributed by atoms with Gasteiger partial charge in [-0.05, 0) is 37.1 Å². The molecule has 0 atom stereocenters. The van der Waals surface area contributed by atoms with E-state index in [9.17, 15) is 9.59 Å². The number of carbonyl (C=O) groups is 2. The Morgan fingerprint density at radius 3 is 2.52 bits per heavy atom. The molecule has 2 aromatic rings. The molecule has 1 aromatic carbocycles.